The van der Waals surface area contributed by atoms with Crippen molar-refractivity contribution < 1.29 is 0 Å². The molecule has 0 fully saturated rings. The summed E-state index contributed by atoms with van der Waals surface area (Å²) in [5.41, 5.74) is 4.98. The molecule has 0 aliphatic rings. The van der Waals surface area contributed by atoms with Crippen LogP contribution in [-0.2, 0) is 5.41 Å². The van der Waals surface area contributed by atoms with Crippen molar-refractivity contribution in [2.24, 2.45) is 0 Å². The van der Waals surface area contributed by atoms with Crippen LogP contribution >= 0.6 is 23.5 Å². The maximum Gasteiger partial charge on any atom is 0.181 e. The van der Waals surface area contributed by atoms with E-state index in [-0.39, 0.29) is 5.41 Å². The van der Waals surface area contributed by atoms with Gasteiger partial charge in [0.15, 0.2) is 5.65 Å². The average Bonchev–Trinajstić information content (AvgIpc) is 3.10. The van der Waals surface area contributed by atoms with Crippen LogP contribution in [0.1, 0.15) is 26.3 Å². The molecule has 0 aliphatic carbocycles. The number of pyridine rings is 1. The number of benzene rings is 2. The minimum Gasteiger partial charge on any atom is -0.325 e. The zero-order valence-electron chi connectivity index (χ0n) is 16.0. The molecule has 2 aromatic heterocycles. The van der Waals surface area contributed by atoms with Gasteiger partial charge in [-0.3, -0.25) is 5.10 Å². The largest absolute Gasteiger partial charge is 0.325 e. The molecule has 0 aliphatic heterocycles. The van der Waals surface area contributed by atoms with Crippen LogP contribution in [0.3, 0.4) is 0 Å². The molecule has 2 heterocycles. The Morgan fingerprint density at radius 3 is 2.57 bits per heavy atom. The molecule has 4 rings (SSSR count). The first-order valence-corrected chi connectivity index (χ1v) is 10.2. The van der Waals surface area contributed by atoms with Gasteiger partial charge in [-0.2, -0.15) is 5.10 Å². The van der Waals surface area contributed by atoms with Gasteiger partial charge in [0, 0.05) is 27.1 Å². The molecule has 4 aromatic rings. The van der Waals surface area contributed by atoms with Gasteiger partial charge >= 0.3 is 0 Å². The van der Waals surface area contributed by atoms with E-state index >= 15 is 0 Å². The van der Waals surface area contributed by atoms with Crippen LogP contribution in [0.5, 0.6) is 0 Å². The second kappa shape index (κ2) is 7.49. The first kappa shape index (κ1) is 18.8. The Labute approximate surface area is 173 Å². The zero-order valence-corrected chi connectivity index (χ0v) is 17.5. The van der Waals surface area contributed by atoms with Crippen LogP contribution in [0.25, 0.3) is 22.3 Å². The predicted molar refractivity (Wildman–Crippen MR) is 119 cm³/mol. The van der Waals surface area contributed by atoms with Crippen LogP contribution in [0.4, 0.5) is 5.69 Å². The average molecular weight is 409 g/mol. The molecule has 0 bridgehead atoms. The Morgan fingerprint density at radius 1 is 1.04 bits per heavy atom. The lowest BCUT2D eigenvalue weighted by atomic mass is 9.87. The van der Waals surface area contributed by atoms with Gasteiger partial charge in [-0.15, -0.1) is 0 Å². The van der Waals surface area contributed by atoms with E-state index in [9.17, 15) is 0 Å². The molecule has 0 radical (unpaired) electrons. The summed E-state index contributed by atoms with van der Waals surface area (Å²) in [6, 6.07) is 18.4. The van der Waals surface area contributed by atoms with E-state index < -0.39 is 0 Å². The van der Waals surface area contributed by atoms with E-state index in [0.717, 1.165) is 27.2 Å². The first-order chi connectivity index (χ1) is 13.4. The van der Waals surface area contributed by atoms with Crippen molar-refractivity contribution in [1.29, 1.82) is 0 Å². The Kier molecular flexibility index (Phi) is 5.04. The zero-order chi connectivity index (χ0) is 19.7. The molecule has 2 aromatic carbocycles. The highest BCUT2D eigenvalue weighted by Crippen LogP contribution is 2.36. The Hall–Kier alpha value is -2.50. The second-order valence-corrected chi connectivity index (χ2v) is 8.96. The fourth-order valence-electron chi connectivity index (χ4n) is 3.00. The number of rotatable bonds is 4. The number of anilines is 1. The van der Waals surface area contributed by atoms with Gasteiger partial charge in [-0.05, 0) is 65.4 Å². The van der Waals surface area contributed by atoms with Crippen molar-refractivity contribution >= 4 is 40.3 Å². The van der Waals surface area contributed by atoms with Gasteiger partial charge in [0.2, 0.25) is 0 Å². The number of halogens is 1. The van der Waals surface area contributed by atoms with E-state index in [0.29, 0.717) is 10.7 Å². The lowest BCUT2D eigenvalue weighted by Gasteiger charge is -2.19. The summed E-state index contributed by atoms with van der Waals surface area (Å²) in [5.74, 6) is 0. The van der Waals surface area contributed by atoms with E-state index in [1.54, 1.807) is 18.1 Å². The first-order valence-electron chi connectivity index (χ1n) is 9.04. The third-order valence-electron chi connectivity index (χ3n) is 4.58. The Bertz CT molecular complexity index is 1110. The number of fused-ring (bicyclic) bond motifs is 1. The van der Waals surface area contributed by atoms with E-state index in [4.69, 9.17) is 11.6 Å². The fourth-order valence-corrected chi connectivity index (χ4v) is 3.85. The van der Waals surface area contributed by atoms with Gasteiger partial charge < -0.3 is 4.72 Å². The normalized spacial score (nSPS) is 11.7. The van der Waals surface area contributed by atoms with Gasteiger partial charge in [0.1, 0.15) is 0 Å². The third-order valence-corrected chi connectivity index (χ3v) is 5.64. The number of hydrogen-bond donors (Lipinski definition) is 2. The molecule has 0 saturated heterocycles. The standard InChI is InChI=1S/C22H21ClN4S/c1-22(2,3)14-6-9-16(10-7-14)28-27-19-11-8-15(23)13-18(19)20-17-5-4-12-24-21(17)26-25-20/h4-13,27H,1-3H3,(H,24,25,26). The SMILES string of the molecule is CC(C)(C)c1ccc(SNc2ccc(Cl)cc2-c2[nH]nc3ncccc23)cc1. The molecule has 0 spiro atoms. The molecule has 142 valence electrons. The number of nitrogens with one attached hydrogen (secondary N) is 2. The highest BCUT2D eigenvalue weighted by atomic mass is 35.5. The maximum absolute atomic E-state index is 6.28. The van der Waals surface area contributed by atoms with Crippen molar-refractivity contribution in [3.63, 3.8) is 0 Å². The van der Waals surface area contributed by atoms with Crippen molar-refractivity contribution in [2.45, 2.75) is 31.1 Å². The van der Waals surface area contributed by atoms with Crippen LogP contribution in [0, 0.1) is 0 Å². The maximum atomic E-state index is 6.28. The number of aromatic nitrogens is 3. The van der Waals surface area contributed by atoms with E-state index in [1.165, 1.54) is 5.56 Å². The summed E-state index contributed by atoms with van der Waals surface area (Å²) in [6.45, 7) is 6.66. The molecule has 0 atom stereocenters. The lowest BCUT2D eigenvalue weighted by Crippen LogP contribution is -2.10. The highest BCUT2D eigenvalue weighted by molar-refractivity contribution is 8.00. The summed E-state index contributed by atoms with van der Waals surface area (Å²) in [4.78, 5) is 5.44. The molecular formula is C22H21ClN4S. The Morgan fingerprint density at radius 2 is 1.82 bits per heavy atom. The molecule has 4 nitrogen and oxygen atoms in total. The molecule has 28 heavy (non-hydrogen) atoms. The third kappa shape index (κ3) is 3.86. The highest BCUT2D eigenvalue weighted by Gasteiger charge is 2.15. The molecule has 2 N–H and O–H groups in total. The molecule has 0 amide bonds. The number of nitrogens with zero attached hydrogens (tertiary/aromatic N) is 2. The number of hydrogen-bond acceptors (Lipinski definition) is 4. The second-order valence-electron chi connectivity index (χ2n) is 7.64. The quantitative estimate of drug-likeness (QED) is 0.369. The van der Waals surface area contributed by atoms with Crippen molar-refractivity contribution in [3.8, 4) is 11.3 Å². The van der Waals surface area contributed by atoms with Gasteiger partial charge in [0.25, 0.3) is 0 Å². The van der Waals surface area contributed by atoms with Gasteiger partial charge in [-0.25, -0.2) is 4.98 Å². The number of H-pyrrole nitrogens is 1. The van der Waals surface area contributed by atoms with Crippen LogP contribution in [0.2, 0.25) is 5.02 Å². The Balaban J connectivity index is 1.62. The van der Waals surface area contributed by atoms with Crippen LogP contribution in [-0.4, -0.2) is 15.2 Å². The fraction of sp³-hybridized carbons (Fsp3) is 0.182. The summed E-state index contributed by atoms with van der Waals surface area (Å²) in [6.07, 6.45) is 1.74. The van der Waals surface area contributed by atoms with Crippen molar-refractivity contribution in [1.82, 2.24) is 15.2 Å². The van der Waals surface area contributed by atoms with E-state index in [1.807, 2.05) is 30.3 Å². The molecule has 0 saturated carbocycles. The van der Waals surface area contributed by atoms with Gasteiger partial charge in [-0.1, -0.05) is 44.5 Å². The minimum absolute atomic E-state index is 0.148. The van der Waals surface area contributed by atoms with Crippen LogP contribution in [0.15, 0.2) is 65.7 Å². The topological polar surface area (TPSA) is 53.6 Å². The summed E-state index contributed by atoms with van der Waals surface area (Å²) in [5, 5.41) is 9.04. The monoisotopic (exact) mass is 408 g/mol. The van der Waals surface area contributed by atoms with E-state index in [2.05, 4.69) is 64.9 Å². The summed E-state index contributed by atoms with van der Waals surface area (Å²) < 4.78 is 3.46. The predicted octanol–water partition coefficient (Wildman–Crippen LogP) is 6.70. The molecule has 6 heteroatoms. The van der Waals surface area contributed by atoms with Gasteiger partial charge in [0.05, 0.1) is 11.4 Å². The summed E-state index contributed by atoms with van der Waals surface area (Å²) >= 11 is 7.85. The molecule has 0 unspecified atom stereocenters. The minimum atomic E-state index is 0.148. The van der Waals surface area contributed by atoms with Crippen molar-refractivity contribution in [3.05, 3.63) is 71.4 Å². The lowest BCUT2D eigenvalue weighted by molar-refractivity contribution is 0.590. The smallest absolute Gasteiger partial charge is 0.181 e. The van der Waals surface area contributed by atoms with Crippen molar-refractivity contribution in [2.75, 3.05) is 4.72 Å². The summed E-state index contributed by atoms with van der Waals surface area (Å²) in [7, 11) is 0. The molecular weight excluding hydrogens is 388 g/mol. The number of aromatic amines is 1. The van der Waals surface area contributed by atoms with Crippen LogP contribution < -0.4 is 4.72 Å².